The highest BCUT2D eigenvalue weighted by Crippen LogP contribution is 2.48. The van der Waals surface area contributed by atoms with E-state index in [0.29, 0.717) is 53.0 Å². The molecule has 79 heavy (non-hydrogen) atoms. The molecule has 0 fully saturated rings. The van der Waals surface area contributed by atoms with Gasteiger partial charge in [0.05, 0.1) is 74.2 Å². The number of imide groups is 1. The van der Waals surface area contributed by atoms with Crippen molar-refractivity contribution in [2.45, 2.75) is 90.5 Å². The molecule has 2 unspecified atom stereocenters. The van der Waals surface area contributed by atoms with Crippen molar-refractivity contribution in [2.75, 3.05) is 51.1 Å². The van der Waals surface area contributed by atoms with Crippen LogP contribution in [0.5, 0.6) is 0 Å². The summed E-state index contributed by atoms with van der Waals surface area (Å²) in [6, 6.07) is 17.3. The maximum Gasteiger partial charge on any atom is 0.340 e. The van der Waals surface area contributed by atoms with Crippen LogP contribution in [-0.2, 0) is 90.4 Å². The number of esters is 1. The number of amides is 7. The van der Waals surface area contributed by atoms with Crippen LogP contribution < -0.4 is 37.0 Å². The first kappa shape index (κ1) is 56.7. The Kier molecular flexibility index (Phi) is 17.9. The topological polar surface area (TPSA) is 283 Å². The van der Waals surface area contributed by atoms with E-state index in [9.17, 15) is 48.3 Å². The smallest absolute Gasteiger partial charge is 0.340 e. The molecule has 2 aromatic heterocycles. The van der Waals surface area contributed by atoms with Gasteiger partial charge in [0.2, 0.25) is 29.5 Å². The molecule has 9 rings (SSSR count). The summed E-state index contributed by atoms with van der Waals surface area (Å²) in [5, 5.41) is 24.0. The Morgan fingerprint density at radius 2 is 1.49 bits per heavy atom. The van der Waals surface area contributed by atoms with Crippen LogP contribution in [0.15, 0.2) is 83.7 Å². The average molecular weight is 1090 g/mol. The molecule has 22 heteroatoms. The molecule has 0 spiro atoms. The first-order chi connectivity index (χ1) is 38.0. The van der Waals surface area contributed by atoms with Crippen molar-refractivity contribution >= 4 is 63.9 Å². The van der Waals surface area contributed by atoms with E-state index in [1.807, 2.05) is 20.8 Å². The number of nitrogens with zero attached hydrogens (tertiary/aromatic N) is 3. The second-order valence-electron chi connectivity index (χ2n) is 19.4. The van der Waals surface area contributed by atoms with Crippen LogP contribution in [0.4, 0.5) is 10.1 Å². The van der Waals surface area contributed by atoms with Gasteiger partial charge in [-0.1, -0.05) is 63.2 Å². The molecule has 414 valence electrons. The molecule has 0 saturated heterocycles. The van der Waals surface area contributed by atoms with E-state index in [-0.39, 0.29) is 63.7 Å². The zero-order valence-corrected chi connectivity index (χ0v) is 44.1. The lowest BCUT2D eigenvalue weighted by atomic mass is 9.69. The van der Waals surface area contributed by atoms with Gasteiger partial charge in [-0.05, 0) is 72.2 Å². The number of pyridine rings is 2. The fourth-order valence-electron chi connectivity index (χ4n) is 10.1. The molecule has 3 aromatic carbocycles. The van der Waals surface area contributed by atoms with Crippen LogP contribution in [0.1, 0.15) is 84.2 Å². The lowest BCUT2D eigenvalue weighted by Crippen LogP contribution is -2.52. The number of cyclic esters (lactones) is 1. The number of anilines is 1. The molecule has 1 aliphatic carbocycles. The van der Waals surface area contributed by atoms with E-state index in [1.54, 1.807) is 72.2 Å². The van der Waals surface area contributed by atoms with Gasteiger partial charge in [-0.3, -0.25) is 38.4 Å². The summed E-state index contributed by atoms with van der Waals surface area (Å²) in [5.41, 5.74) is 5.50. The molecular formula is C57H61FN8O13. The first-order valence-corrected chi connectivity index (χ1v) is 26.0. The van der Waals surface area contributed by atoms with Gasteiger partial charge in [-0.15, -0.1) is 0 Å². The van der Waals surface area contributed by atoms with Crippen molar-refractivity contribution in [1.82, 2.24) is 36.1 Å². The number of fused-ring (bicyclic) bond motifs is 5. The number of aliphatic hydroxyl groups is 1. The van der Waals surface area contributed by atoms with Gasteiger partial charge in [0.25, 0.3) is 17.4 Å². The molecule has 0 saturated carbocycles. The van der Waals surface area contributed by atoms with Gasteiger partial charge >= 0.3 is 5.97 Å². The van der Waals surface area contributed by atoms with Crippen molar-refractivity contribution in [1.29, 1.82) is 0 Å². The number of nitrogens with one attached hydrogen (secondary N) is 5. The fourth-order valence-corrected chi connectivity index (χ4v) is 10.1. The first-order valence-electron chi connectivity index (χ1n) is 26.0. The molecule has 4 aliphatic rings. The summed E-state index contributed by atoms with van der Waals surface area (Å²) in [6.07, 6.45) is 2.32. The largest absolute Gasteiger partial charge is 0.458 e. The molecule has 3 atom stereocenters. The Hall–Kier alpha value is -8.47. The molecule has 5 heterocycles. The third-order valence-corrected chi connectivity index (χ3v) is 14.2. The Morgan fingerprint density at radius 3 is 2.23 bits per heavy atom. The van der Waals surface area contributed by atoms with Gasteiger partial charge in [0.15, 0.2) is 6.10 Å². The zero-order valence-electron chi connectivity index (χ0n) is 44.1. The van der Waals surface area contributed by atoms with Crippen molar-refractivity contribution in [3.63, 3.8) is 0 Å². The normalized spacial score (nSPS) is 16.9. The van der Waals surface area contributed by atoms with E-state index in [1.165, 1.54) is 18.2 Å². The summed E-state index contributed by atoms with van der Waals surface area (Å²) in [6.45, 7) is 6.55. The third-order valence-electron chi connectivity index (χ3n) is 14.2. The lowest BCUT2D eigenvalue weighted by molar-refractivity contribution is -0.157. The van der Waals surface area contributed by atoms with Gasteiger partial charge < -0.3 is 50.5 Å². The second-order valence-corrected chi connectivity index (χ2v) is 19.4. The van der Waals surface area contributed by atoms with E-state index >= 15 is 4.39 Å². The van der Waals surface area contributed by atoms with E-state index in [4.69, 9.17) is 19.2 Å². The second kappa shape index (κ2) is 24.9. The van der Waals surface area contributed by atoms with E-state index < -0.39 is 95.9 Å². The average Bonchev–Trinajstić information content (AvgIpc) is 3.41. The summed E-state index contributed by atoms with van der Waals surface area (Å²) < 4.78 is 33.8. The summed E-state index contributed by atoms with van der Waals surface area (Å²) in [7, 11) is 0. The third kappa shape index (κ3) is 12.6. The van der Waals surface area contributed by atoms with Gasteiger partial charge in [0, 0.05) is 53.0 Å². The number of benzene rings is 3. The predicted molar refractivity (Wildman–Crippen MR) is 284 cm³/mol. The van der Waals surface area contributed by atoms with Gasteiger partial charge in [-0.2, -0.15) is 0 Å². The van der Waals surface area contributed by atoms with Crippen LogP contribution >= 0.6 is 0 Å². The minimum absolute atomic E-state index is 0.0391. The Bertz CT molecular complexity index is 3310. The molecule has 3 aliphatic heterocycles. The lowest BCUT2D eigenvalue weighted by Gasteiger charge is -2.37. The highest BCUT2D eigenvalue weighted by Gasteiger charge is 2.42. The molecular weight excluding hydrogens is 1020 g/mol. The summed E-state index contributed by atoms with van der Waals surface area (Å²) in [4.78, 5) is 120. The van der Waals surface area contributed by atoms with Crippen molar-refractivity contribution < 1.29 is 62.1 Å². The monoisotopic (exact) mass is 1080 g/mol. The zero-order chi connectivity index (χ0) is 56.5. The molecule has 7 amide bonds. The molecule has 0 bridgehead atoms. The molecule has 0 radical (unpaired) electrons. The highest BCUT2D eigenvalue weighted by molar-refractivity contribution is 6.28. The number of hydrogen-bond donors (Lipinski definition) is 6. The molecule has 21 nitrogen and oxygen atoms in total. The Labute approximate surface area is 453 Å². The van der Waals surface area contributed by atoms with Gasteiger partial charge in [-0.25, -0.2) is 19.1 Å². The number of carbonyl (C=O) groups is 8. The number of rotatable bonds is 21. The van der Waals surface area contributed by atoms with Crippen LogP contribution in [-0.4, -0.2) is 114 Å². The maximum absolute atomic E-state index is 15.4. The number of halogens is 1. The minimum Gasteiger partial charge on any atom is -0.458 e. The predicted octanol–water partition coefficient (Wildman–Crippen LogP) is 2.44. The highest BCUT2D eigenvalue weighted by atomic mass is 19.1. The number of ether oxygens (including phenoxy) is 3. The minimum atomic E-state index is -1.62. The summed E-state index contributed by atoms with van der Waals surface area (Å²) in [5.74, 6) is -5.14. The fraction of sp³-hybridized carbons (Fsp3) is 0.368. The van der Waals surface area contributed by atoms with Crippen LogP contribution in [0.2, 0.25) is 0 Å². The van der Waals surface area contributed by atoms with Gasteiger partial charge in [0.1, 0.15) is 25.2 Å². The number of aryl methyl sites for hydroxylation is 2. The SMILES string of the molecule is CC.Cc1c(F)cc2nc3c(c4c2c1CC[C@@]4(C)COCCOCNC(=O)CNC(=O)C(Cc1ccccc1)NC(=O)CNC(=O)CNC(=O)CCc1ccc(N2C(=O)C=CC2=O)cc1)Cn1c-3cc2c(c1=O)COC(=O)C2O. The van der Waals surface area contributed by atoms with Crippen LogP contribution in [0.25, 0.3) is 22.3 Å². The maximum atomic E-state index is 15.4. The van der Waals surface area contributed by atoms with Crippen molar-refractivity contribution in [3.8, 4) is 11.4 Å². The number of aliphatic hydroxyl groups excluding tert-OH is 1. The van der Waals surface area contributed by atoms with E-state index in [0.717, 1.165) is 32.5 Å². The Balaban J connectivity index is 0.00000406. The number of aromatic nitrogens is 2. The van der Waals surface area contributed by atoms with Crippen molar-refractivity contribution in [3.05, 3.63) is 140 Å². The quantitative estimate of drug-likeness (QED) is 0.0262. The standard InChI is InChI=1S/C55H55FN8O13.C2H6/c1-30-34-16-17-55(2,49-36-26-63-41(50(36)62-39(48(34)49)22-38(30)56)21-35-37(53(63)73)27-77-54(74)51(35)71)28-75-18-19-76-29-60-44(67)24-59-52(72)40(20-32-6-4-3-5-7-32)61-45(68)25-58-43(66)23-57-42(65)13-10-31-8-11-33(12-9-31)64-46(69)14-15-47(64)70;1-2/h3-9,11-12,14-15,21-22,40,51,71H,10,13,16-20,23-29H2,1-2H3,(H,57,65)(H,58,66)(H,59,72)(H,60,67)(H,61,68);1-2H3/t40?,51?,55-;/m0./s1. The number of hydrogen-bond acceptors (Lipinski definition) is 14. The van der Waals surface area contributed by atoms with E-state index in [2.05, 4.69) is 26.6 Å². The van der Waals surface area contributed by atoms with Crippen molar-refractivity contribution in [2.24, 2.45) is 0 Å². The molecule has 6 N–H and O–H groups in total. The van der Waals surface area contributed by atoms with Crippen LogP contribution in [0.3, 0.4) is 0 Å². The molecule has 5 aromatic rings. The number of carbonyl (C=O) groups excluding carboxylic acids is 8. The van der Waals surface area contributed by atoms with Crippen LogP contribution in [0, 0.1) is 12.7 Å². The summed E-state index contributed by atoms with van der Waals surface area (Å²) >= 11 is 0. The Morgan fingerprint density at radius 1 is 0.823 bits per heavy atom.